The van der Waals surface area contributed by atoms with Crippen molar-refractivity contribution in [3.63, 3.8) is 0 Å². The van der Waals surface area contributed by atoms with Crippen LogP contribution in [0.1, 0.15) is 21.7 Å². The van der Waals surface area contributed by atoms with Gasteiger partial charge in [0.1, 0.15) is 0 Å². The van der Waals surface area contributed by atoms with Crippen LogP contribution in [0.3, 0.4) is 0 Å². The molecule has 2 aromatic heterocycles. The lowest BCUT2D eigenvalue weighted by Crippen LogP contribution is -2.07. The highest BCUT2D eigenvalue weighted by Crippen LogP contribution is 2.18. The lowest BCUT2D eigenvalue weighted by atomic mass is 10.2. The summed E-state index contributed by atoms with van der Waals surface area (Å²) in [7, 11) is 0. The molecule has 0 bridgehead atoms. The fraction of sp³-hybridized carbons (Fsp3) is 0.273. The van der Waals surface area contributed by atoms with E-state index in [1.54, 1.807) is 16.8 Å². The first-order valence-electron chi connectivity index (χ1n) is 5.07. The minimum Gasteiger partial charge on any atom is -0.293 e. The van der Waals surface area contributed by atoms with Crippen LogP contribution in [0, 0.1) is 13.8 Å². The van der Waals surface area contributed by atoms with Crippen LogP contribution in [0.4, 0.5) is 0 Å². The zero-order valence-corrected chi connectivity index (χ0v) is 10.3. The highest BCUT2D eigenvalue weighted by Gasteiger charge is 2.16. The van der Waals surface area contributed by atoms with E-state index in [2.05, 4.69) is 15.2 Å². The highest BCUT2D eigenvalue weighted by molar-refractivity contribution is 6.30. The lowest BCUT2D eigenvalue weighted by Gasteiger charge is -2.05. The number of ketones is 1. The molecule has 0 saturated carbocycles. The highest BCUT2D eigenvalue weighted by atomic mass is 35.5. The Balaban J connectivity index is 2.57. The van der Waals surface area contributed by atoms with E-state index in [4.69, 9.17) is 11.6 Å². The summed E-state index contributed by atoms with van der Waals surface area (Å²) in [5.41, 5.74) is 2.26. The Bertz CT molecular complexity index is 550. The van der Waals surface area contributed by atoms with E-state index in [1.165, 1.54) is 6.20 Å². The summed E-state index contributed by atoms with van der Waals surface area (Å²) >= 11 is 5.56. The summed E-state index contributed by atoms with van der Waals surface area (Å²) in [4.78, 5) is 15.7. The van der Waals surface area contributed by atoms with Crippen LogP contribution >= 0.6 is 11.6 Å². The number of Topliss-reactive ketones (excluding diaryl/α,β-unsaturated/α-hetero) is 1. The van der Waals surface area contributed by atoms with Gasteiger partial charge >= 0.3 is 0 Å². The average Bonchev–Trinajstić information content (AvgIpc) is 2.65. The maximum Gasteiger partial charge on any atom is 0.253 e. The maximum atomic E-state index is 11.6. The van der Waals surface area contributed by atoms with Crippen LogP contribution in [0.15, 0.2) is 18.5 Å². The number of aryl methyl sites for hydroxylation is 1. The van der Waals surface area contributed by atoms with Gasteiger partial charge in [-0.3, -0.25) is 9.36 Å². The fourth-order valence-electron chi connectivity index (χ4n) is 1.77. The van der Waals surface area contributed by atoms with Crippen molar-refractivity contribution >= 4 is 17.4 Å². The van der Waals surface area contributed by atoms with Crippen molar-refractivity contribution in [3.05, 3.63) is 35.4 Å². The number of hydrogen-bond donors (Lipinski definition) is 0. The Labute approximate surface area is 103 Å². The normalized spacial score (nSPS) is 10.5. The number of carbonyl (C=O) groups excluding carboxylic acids is 1. The van der Waals surface area contributed by atoms with Crippen molar-refractivity contribution in [2.24, 2.45) is 0 Å². The monoisotopic (exact) mass is 250 g/mol. The molecule has 0 atom stereocenters. The van der Waals surface area contributed by atoms with Gasteiger partial charge in [0.2, 0.25) is 0 Å². The zero-order valence-electron chi connectivity index (χ0n) is 9.51. The van der Waals surface area contributed by atoms with Crippen molar-refractivity contribution < 1.29 is 4.79 Å². The molecule has 0 aliphatic carbocycles. The molecule has 0 fully saturated rings. The quantitative estimate of drug-likeness (QED) is 0.615. The predicted molar refractivity (Wildman–Crippen MR) is 63.7 cm³/mol. The molecule has 2 heterocycles. The third-order valence-corrected chi connectivity index (χ3v) is 2.77. The smallest absolute Gasteiger partial charge is 0.253 e. The third kappa shape index (κ3) is 2.06. The van der Waals surface area contributed by atoms with Gasteiger partial charge in [0.25, 0.3) is 5.95 Å². The van der Waals surface area contributed by atoms with Crippen LogP contribution in [0.25, 0.3) is 5.95 Å². The standard InChI is InChI=1S/C11H11ClN4O/c1-7-5-9(10(17)6-12)8(2)16(7)11-13-3-4-14-15-11/h3-5H,6H2,1-2H3. The van der Waals surface area contributed by atoms with Gasteiger partial charge in [-0.15, -0.1) is 16.7 Å². The summed E-state index contributed by atoms with van der Waals surface area (Å²) in [6, 6.07) is 1.79. The molecule has 0 radical (unpaired) electrons. The van der Waals surface area contributed by atoms with E-state index in [9.17, 15) is 4.79 Å². The van der Waals surface area contributed by atoms with E-state index in [0.717, 1.165) is 11.4 Å². The maximum absolute atomic E-state index is 11.6. The van der Waals surface area contributed by atoms with Gasteiger partial charge in [-0.05, 0) is 19.9 Å². The molecule has 5 nitrogen and oxygen atoms in total. The molecule has 2 rings (SSSR count). The number of carbonyl (C=O) groups is 1. The van der Waals surface area contributed by atoms with Crippen molar-refractivity contribution in [1.82, 2.24) is 19.7 Å². The number of rotatable bonds is 3. The lowest BCUT2D eigenvalue weighted by molar-refractivity contribution is 0.102. The molecular formula is C11H11ClN4O. The second-order valence-corrected chi connectivity index (χ2v) is 3.89. The Morgan fingerprint density at radius 3 is 2.76 bits per heavy atom. The first kappa shape index (κ1) is 11.7. The second kappa shape index (κ2) is 4.63. The van der Waals surface area contributed by atoms with Gasteiger partial charge in [-0.1, -0.05) is 0 Å². The van der Waals surface area contributed by atoms with Crippen LogP contribution < -0.4 is 0 Å². The summed E-state index contributed by atoms with van der Waals surface area (Å²) < 4.78 is 1.78. The van der Waals surface area contributed by atoms with Crippen molar-refractivity contribution in [2.45, 2.75) is 13.8 Å². The minimum atomic E-state index is -0.102. The van der Waals surface area contributed by atoms with Gasteiger partial charge in [0.15, 0.2) is 5.78 Å². The first-order chi connectivity index (χ1) is 8.15. The van der Waals surface area contributed by atoms with E-state index in [-0.39, 0.29) is 11.7 Å². The van der Waals surface area contributed by atoms with Crippen LogP contribution in [-0.2, 0) is 0 Å². The summed E-state index contributed by atoms with van der Waals surface area (Å²) in [5.74, 6) is 0.323. The number of alkyl halides is 1. The van der Waals surface area contributed by atoms with Crippen LogP contribution in [0.5, 0.6) is 0 Å². The Kier molecular flexibility index (Phi) is 3.19. The van der Waals surface area contributed by atoms with Crippen molar-refractivity contribution in [2.75, 3.05) is 5.88 Å². The Morgan fingerprint density at radius 2 is 2.18 bits per heavy atom. The molecule has 0 N–H and O–H groups in total. The van der Waals surface area contributed by atoms with Crippen LogP contribution in [0.2, 0.25) is 0 Å². The van der Waals surface area contributed by atoms with Gasteiger partial charge in [-0.25, -0.2) is 4.98 Å². The molecule has 88 valence electrons. The van der Waals surface area contributed by atoms with Gasteiger partial charge in [0, 0.05) is 17.0 Å². The average molecular weight is 251 g/mol. The molecule has 0 spiro atoms. The first-order valence-corrected chi connectivity index (χ1v) is 5.60. The predicted octanol–water partition coefficient (Wildman–Crippen LogP) is 1.70. The molecule has 0 aromatic carbocycles. The van der Waals surface area contributed by atoms with E-state index < -0.39 is 0 Å². The molecule has 17 heavy (non-hydrogen) atoms. The Hall–Kier alpha value is -1.75. The van der Waals surface area contributed by atoms with E-state index >= 15 is 0 Å². The molecule has 0 aliphatic rings. The molecule has 6 heteroatoms. The number of halogens is 1. The van der Waals surface area contributed by atoms with Gasteiger partial charge in [-0.2, -0.15) is 5.10 Å². The fourth-order valence-corrected chi connectivity index (χ4v) is 1.91. The number of aromatic nitrogens is 4. The Morgan fingerprint density at radius 1 is 1.41 bits per heavy atom. The van der Waals surface area contributed by atoms with Gasteiger partial charge in [0.05, 0.1) is 18.3 Å². The number of hydrogen-bond acceptors (Lipinski definition) is 4. The zero-order chi connectivity index (χ0) is 12.4. The topological polar surface area (TPSA) is 60.7 Å². The molecule has 2 aromatic rings. The molecule has 0 unspecified atom stereocenters. The molecule has 0 saturated heterocycles. The summed E-state index contributed by atoms with van der Waals surface area (Å²) in [6.07, 6.45) is 3.06. The van der Waals surface area contributed by atoms with Crippen molar-refractivity contribution in [3.8, 4) is 5.95 Å². The van der Waals surface area contributed by atoms with Crippen molar-refractivity contribution in [1.29, 1.82) is 0 Å². The second-order valence-electron chi connectivity index (χ2n) is 3.62. The van der Waals surface area contributed by atoms with Gasteiger partial charge < -0.3 is 0 Å². The van der Waals surface area contributed by atoms with Crippen LogP contribution in [-0.4, -0.2) is 31.4 Å². The summed E-state index contributed by atoms with van der Waals surface area (Å²) in [6.45, 7) is 3.72. The summed E-state index contributed by atoms with van der Waals surface area (Å²) in [5, 5.41) is 7.70. The minimum absolute atomic E-state index is 0.0296. The third-order valence-electron chi connectivity index (χ3n) is 2.52. The molecule has 0 amide bonds. The largest absolute Gasteiger partial charge is 0.293 e. The number of nitrogens with zero attached hydrogens (tertiary/aromatic N) is 4. The SMILES string of the molecule is Cc1cc(C(=O)CCl)c(C)n1-c1nccnn1. The molecule has 0 aliphatic heterocycles. The van der Waals surface area contributed by atoms with E-state index in [1.807, 2.05) is 13.8 Å². The van der Waals surface area contributed by atoms with E-state index in [0.29, 0.717) is 11.5 Å². The molecular weight excluding hydrogens is 240 g/mol.